The van der Waals surface area contributed by atoms with Crippen LogP contribution in [0.15, 0.2) is 53.4 Å². The molecule has 2 aromatic rings. The van der Waals surface area contributed by atoms with E-state index in [1.54, 1.807) is 29.2 Å². The van der Waals surface area contributed by atoms with E-state index in [-0.39, 0.29) is 29.7 Å². The first-order valence-corrected chi connectivity index (χ1v) is 11.6. The molecule has 3 rings (SSSR count). The molecule has 1 N–H and O–H groups in total. The molecule has 0 bridgehead atoms. The zero-order chi connectivity index (χ0) is 22.4. The molecule has 9 heteroatoms. The zero-order valence-corrected chi connectivity index (χ0v) is 18.5. The number of ether oxygens (including phenoxy) is 1. The number of carbonyl (C=O) groups is 2. The quantitative estimate of drug-likeness (QED) is 0.640. The van der Waals surface area contributed by atoms with Crippen molar-refractivity contribution in [2.24, 2.45) is 0 Å². The van der Waals surface area contributed by atoms with Gasteiger partial charge in [0.05, 0.1) is 12.0 Å². The number of carbonyl (C=O) groups excluding carboxylic acids is 2. The average molecular weight is 446 g/mol. The lowest BCUT2D eigenvalue weighted by Gasteiger charge is -2.17. The van der Waals surface area contributed by atoms with Gasteiger partial charge in [0.25, 0.3) is 0 Å². The zero-order valence-electron chi connectivity index (χ0n) is 17.7. The van der Waals surface area contributed by atoms with Gasteiger partial charge in [-0.25, -0.2) is 12.7 Å². The topological polar surface area (TPSA) is 96.0 Å². The van der Waals surface area contributed by atoms with E-state index < -0.39 is 10.0 Å². The van der Waals surface area contributed by atoms with Gasteiger partial charge in [-0.05, 0) is 61.4 Å². The lowest BCUT2D eigenvalue weighted by atomic mass is 10.2. The fraction of sp³-hybridized carbons (Fsp3) is 0.364. The first-order chi connectivity index (χ1) is 14.8. The molecule has 0 aliphatic carbocycles. The largest absolute Gasteiger partial charge is 0.497 e. The molecule has 1 saturated heterocycles. The Morgan fingerprint density at radius 1 is 1.13 bits per heavy atom. The highest BCUT2D eigenvalue weighted by Gasteiger charge is 2.22. The van der Waals surface area contributed by atoms with Crippen LogP contribution in [0.2, 0.25) is 0 Å². The summed E-state index contributed by atoms with van der Waals surface area (Å²) >= 11 is 0. The van der Waals surface area contributed by atoms with Gasteiger partial charge >= 0.3 is 0 Å². The normalized spacial score (nSPS) is 14.2. The lowest BCUT2D eigenvalue weighted by molar-refractivity contribution is -0.117. The molecule has 2 amide bonds. The summed E-state index contributed by atoms with van der Waals surface area (Å²) < 4.78 is 31.5. The van der Waals surface area contributed by atoms with E-state index in [0.29, 0.717) is 24.3 Å². The van der Waals surface area contributed by atoms with E-state index in [4.69, 9.17) is 4.74 Å². The molecule has 1 fully saturated rings. The Hall–Kier alpha value is -2.91. The molecular formula is C22H27N3O5S. The van der Waals surface area contributed by atoms with Crippen LogP contribution in [0.25, 0.3) is 0 Å². The molecule has 0 atom stereocenters. The van der Waals surface area contributed by atoms with E-state index >= 15 is 0 Å². The lowest BCUT2D eigenvalue weighted by Crippen LogP contribution is -2.28. The van der Waals surface area contributed by atoms with Crippen molar-refractivity contribution in [1.29, 1.82) is 0 Å². The van der Waals surface area contributed by atoms with Crippen LogP contribution >= 0.6 is 0 Å². The fourth-order valence-corrected chi connectivity index (χ4v) is 4.59. The van der Waals surface area contributed by atoms with Crippen molar-refractivity contribution in [3.63, 3.8) is 0 Å². The monoisotopic (exact) mass is 445 g/mol. The Morgan fingerprint density at radius 2 is 1.81 bits per heavy atom. The van der Waals surface area contributed by atoms with E-state index in [1.807, 2.05) is 12.1 Å². The first kappa shape index (κ1) is 22.8. The van der Waals surface area contributed by atoms with E-state index in [1.165, 1.54) is 30.6 Å². The Labute approximate surface area is 182 Å². The van der Waals surface area contributed by atoms with Crippen LogP contribution < -0.4 is 15.0 Å². The van der Waals surface area contributed by atoms with Crippen LogP contribution in [-0.4, -0.2) is 51.8 Å². The van der Waals surface area contributed by atoms with Crippen LogP contribution in [0.1, 0.15) is 25.7 Å². The fourth-order valence-electron chi connectivity index (χ4n) is 3.38. The van der Waals surface area contributed by atoms with Gasteiger partial charge in [0.1, 0.15) is 5.75 Å². The number of nitrogens with zero attached hydrogens (tertiary/aromatic N) is 2. The van der Waals surface area contributed by atoms with Gasteiger partial charge in [-0.15, -0.1) is 0 Å². The van der Waals surface area contributed by atoms with Gasteiger partial charge in [0.2, 0.25) is 21.8 Å². The minimum absolute atomic E-state index is 0.116. The number of rotatable bonds is 9. The molecule has 1 aliphatic rings. The van der Waals surface area contributed by atoms with Gasteiger partial charge in [-0.1, -0.05) is 0 Å². The Balaban J connectivity index is 1.47. The van der Waals surface area contributed by atoms with Gasteiger partial charge in [-0.2, -0.15) is 0 Å². The minimum atomic E-state index is -3.62. The molecule has 2 aromatic carbocycles. The van der Waals surface area contributed by atoms with E-state index in [2.05, 4.69) is 5.32 Å². The second-order valence-electron chi connectivity index (χ2n) is 7.35. The molecule has 8 nitrogen and oxygen atoms in total. The predicted molar refractivity (Wildman–Crippen MR) is 119 cm³/mol. The van der Waals surface area contributed by atoms with Gasteiger partial charge in [0, 0.05) is 44.4 Å². The van der Waals surface area contributed by atoms with Crippen molar-refractivity contribution in [3.8, 4) is 5.75 Å². The molecule has 166 valence electrons. The molecule has 31 heavy (non-hydrogen) atoms. The van der Waals surface area contributed by atoms with Crippen molar-refractivity contribution in [2.75, 3.05) is 37.5 Å². The van der Waals surface area contributed by atoms with E-state index in [9.17, 15) is 18.0 Å². The molecular weight excluding hydrogens is 418 g/mol. The standard InChI is InChI=1S/C22H27N3O5S/c1-24(31(28,29)20-13-11-19(30-2)12-14-20)15-3-5-21(26)23-17-7-9-18(10-8-17)25-16-4-6-22(25)27/h7-14H,3-6,15-16H2,1-2H3,(H,23,26). The van der Waals surface area contributed by atoms with Crippen molar-refractivity contribution in [1.82, 2.24) is 4.31 Å². The molecule has 0 spiro atoms. The van der Waals surface area contributed by atoms with Gasteiger partial charge in [0.15, 0.2) is 0 Å². The van der Waals surface area contributed by atoms with Gasteiger partial charge in [-0.3, -0.25) is 9.59 Å². The summed E-state index contributed by atoms with van der Waals surface area (Å²) in [4.78, 5) is 25.9. The number of sulfonamides is 1. The second kappa shape index (κ2) is 9.93. The van der Waals surface area contributed by atoms with Crippen molar-refractivity contribution >= 4 is 33.2 Å². The van der Waals surface area contributed by atoms with Crippen molar-refractivity contribution < 1.29 is 22.7 Å². The number of nitrogens with one attached hydrogen (secondary N) is 1. The summed E-state index contributed by atoms with van der Waals surface area (Å²) in [6.07, 6.45) is 2.01. The molecule has 0 radical (unpaired) electrons. The average Bonchev–Trinajstić information content (AvgIpc) is 3.20. The highest BCUT2D eigenvalue weighted by molar-refractivity contribution is 7.89. The Bertz CT molecular complexity index is 1020. The van der Waals surface area contributed by atoms with Crippen molar-refractivity contribution in [2.45, 2.75) is 30.6 Å². The number of hydrogen-bond acceptors (Lipinski definition) is 5. The molecule has 0 unspecified atom stereocenters. The summed E-state index contributed by atoms with van der Waals surface area (Å²) in [6, 6.07) is 13.3. The molecule has 0 aromatic heterocycles. The SMILES string of the molecule is COc1ccc(S(=O)(=O)N(C)CCCC(=O)Nc2ccc(N3CCCC3=O)cc2)cc1. The highest BCUT2D eigenvalue weighted by Crippen LogP contribution is 2.23. The van der Waals surface area contributed by atoms with Crippen LogP contribution in [0.4, 0.5) is 11.4 Å². The molecule has 1 heterocycles. The number of hydrogen-bond donors (Lipinski definition) is 1. The summed E-state index contributed by atoms with van der Waals surface area (Å²) in [5.41, 5.74) is 1.46. The first-order valence-electron chi connectivity index (χ1n) is 10.1. The maximum absolute atomic E-state index is 12.6. The molecule has 1 aliphatic heterocycles. The number of benzene rings is 2. The third-order valence-corrected chi connectivity index (χ3v) is 7.05. The number of amides is 2. The second-order valence-corrected chi connectivity index (χ2v) is 9.39. The number of methoxy groups -OCH3 is 1. The maximum Gasteiger partial charge on any atom is 0.242 e. The number of anilines is 2. The van der Waals surface area contributed by atoms with Gasteiger partial charge < -0.3 is 15.0 Å². The predicted octanol–water partition coefficient (Wildman–Crippen LogP) is 2.86. The maximum atomic E-state index is 12.6. The summed E-state index contributed by atoms with van der Waals surface area (Å²) in [5.74, 6) is 0.504. The molecule has 0 saturated carbocycles. The van der Waals surface area contributed by atoms with Crippen LogP contribution in [0, 0.1) is 0 Å². The Kier molecular flexibility index (Phi) is 7.29. The Morgan fingerprint density at radius 3 is 2.39 bits per heavy atom. The summed E-state index contributed by atoms with van der Waals surface area (Å²) in [7, 11) is -0.611. The summed E-state index contributed by atoms with van der Waals surface area (Å²) in [5, 5.41) is 2.80. The smallest absolute Gasteiger partial charge is 0.242 e. The highest BCUT2D eigenvalue weighted by atomic mass is 32.2. The van der Waals surface area contributed by atoms with Crippen molar-refractivity contribution in [3.05, 3.63) is 48.5 Å². The third-order valence-electron chi connectivity index (χ3n) is 5.18. The van der Waals surface area contributed by atoms with E-state index in [0.717, 1.165) is 18.7 Å². The third kappa shape index (κ3) is 5.62. The van der Waals surface area contributed by atoms with Crippen LogP contribution in [-0.2, 0) is 19.6 Å². The van der Waals surface area contributed by atoms with Crippen LogP contribution in [0.3, 0.4) is 0 Å². The minimum Gasteiger partial charge on any atom is -0.497 e. The van der Waals surface area contributed by atoms with Crippen LogP contribution in [0.5, 0.6) is 5.75 Å². The summed E-state index contributed by atoms with van der Waals surface area (Å²) in [6.45, 7) is 0.940.